The van der Waals surface area contributed by atoms with E-state index in [4.69, 9.17) is 0 Å². The molecule has 0 aromatic carbocycles. The number of amides is 2. The van der Waals surface area contributed by atoms with E-state index in [0.29, 0.717) is 19.0 Å². The summed E-state index contributed by atoms with van der Waals surface area (Å²) in [7, 11) is 0. The van der Waals surface area contributed by atoms with Crippen LogP contribution in [-0.2, 0) is 9.59 Å². The third-order valence-corrected chi connectivity index (χ3v) is 5.66. The first-order valence-corrected chi connectivity index (χ1v) is 8.80. The van der Waals surface area contributed by atoms with Gasteiger partial charge in [0.1, 0.15) is 6.04 Å². The van der Waals surface area contributed by atoms with Crippen molar-refractivity contribution in [1.29, 1.82) is 0 Å². The quantitative estimate of drug-likeness (QED) is 0.802. The molecular formula is C17H28N2O2. The first kappa shape index (κ1) is 14.9. The average molecular weight is 292 g/mol. The molecule has 118 valence electrons. The highest BCUT2D eigenvalue weighted by atomic mass is 16.2. The zero-order valence-electron chi connectivity index (χ0n) is 13.2. The van der Waals surface area contributed by atoms with Crippen LogP contribution in [0.25, 0.3) is 0 Å². The van der Waals surface area contributed by atoms with Crippen molar-refractivity contribution in [3.63, 3.8) is 0 Å². The van der Waals surface area contributed by atoms with Gasteiger partial charge in [0.2, 0.25) is 11.8 Å². The van der Waals surface area contributed by atoms with Crippen molar-refractivity contribution in [2.75, 3.05) is 13.1 Å². The smallest absolute Gasteiger partial charge is 0.245 e. The van der Waals surface area contributed by atoms with Crippen LogP contribution in [0, 0.1) is 5.92 Å². The van der Waals surface area contributed by atoms with E-state index in [2.05, 4.69) is 11.8 Å². The van der Waals surface area contributed by atoms with Crippen LogP contribution in [0.5, 0.6) is 0 Å². The summed E-state index contributed by atoms with van der Waals surface area (Å²) in [5, 5.41) is 0. The van der Waals surface area contributed by atoms with Crippen molar-refractivity contribution in [2.45, 2.75) is 76.8 Å². The lowest BCUT2D eigenvalue weighted by Crippen LogP contribution is -2.48. The minimum absolute atomic E-state index is 0.145. The van der Waals surface area contributed by atoms with Crippen LogP contribution in [0.2, 0.25) is 0 Å². The van der Waals surface area contributed by atoms with Crippen LogP contribution in [0.4, 0.5) is 0 Å². The molecule has 4 nitrogen and oxygen atoms in total. The molecule has 0 aromatic rings. The molecule has 2 aliphatic heterocycles. The van der Waals surface area contributed by atoms with Crippen LogP contribution >= 0.6 is 0 Å². The van der Waals surface area contributed by atoms with Gasteiger partial charge in [0, 0.05) is 25.6 Å². The van der Waals surface area contributed by atoms with Gasteiger partial charge in [-0.25, -0.2) is 0 Å². The highest BCUT2D eigenvalue weighted by Crippen LogP contribution is 2.33. The molecule has 2 saturated heterocycles. The molecule has 0 radical (unpaired) electrons. The Kier molecular flexibility index (Phi) is 4.51. The summed E-state index contributed by atoms with van der Waals surface area (Å²) in [5.74, 6) is 1.28. The fourth-order valence-electron chi connectivity index (χ4n) is 4.50. The lowest BCUT2D eigenvalue weighted by atomic mass is 9.83. The molecule has 1 atom stereocenters. The van der Waals surface area contributed by atoms with Gasteiger partial charge in [-0.3, -0.25) is 9.59 Å². The molecule has 1 unspecified atom stereocenters. The number of hydrogen-bond donors (Lipinski definition) is 0. The molecule has 1 saturated carbocycles. The summed E-state index contributed by atoms with van der Waals surface area (Å²) in [5.41, 5.74) is 0. The molecule has 2 amide bonds. The Morgan fingerprint density at radius 3 is 2.48 bits per heavy atom. The van der Waals surface area contributed by atoms with E-state index >= 15 is 0 Å². The van der Waals surface area contributed by atoms with Crippen LogP contribution in [-0.4, -0.2) is 46.8 Å². The van der Waals surface area contributed by atoms with Gasteiger partial charge in [-0.15, -0.1) is 0 Å². The fourth-order valence-corrected chi connectivity index (χ4v) is 4.50. The summed E-state index contributed by atoms with van der Waals surface area (Å²) in [4.78, 5) is 28.9. The van der Waals surface area contributed by atoms with Crippen molar-refractivity contribution >= 4 is 11.8 Å². The van der Waals surface area contributed by atoms with Crippen LogP contribution in [0.3, 0.4) is 0 Å². The second kappa shape index (κ2) is 6.37. The minimum atomic E-state index is -0.145. The molecule has 3 fully saturated rings. The molecule has 4 heteroatoms. The van der Waals surface area contributed by atoms with Gasteiger partial charge in [0.15, 0.2) is 0 Å². The van der Waals surface area contributed by atoms with Crippen molar-refractivity contribution in [3.8, 4) is 0 Å². The van der Waals surface area contributed by atoms with Gasteiger partial charge in [-0.05, 0) is 44.4 Å². The molecule has 21 heavy (non-hydrogen) atoms. The normalized spacial score (nSPS) is 34.0. The number of fused-ring (bicyclic) bond motifs is 1. The molecule has 3 rings (SSSR count). The van der Waals surface area contributed by atoms with E-state index in [9.17, 15) is 9.59 Å². The highest BCUT2D eigenvalue weighted by Gasteiger charge is 2.41. The standard InChI is InChI=1S/C17H28N2O2/c1-2-4-13-6-8-14(9-7-13)18-12-10-16(20)19-11-3-5-15(19)17(18)21/h13-15H,2-12H2,1H3. The number of carbonyl (C=O) groups is 2. The number of nitrogens with zero attached hydrogens (tertiary/aromatic N) is 2. The molecule has 2 heterocycles. The Morgan fingerprint density at radius 2 is 1.76 bits per heavy atom. The van der Waals surface area contributed by atoms with E-state index in [1.54, 1.807) is 0 Å². The summed E-state index contributed by atoms with van der Waals surface area (Å²) >= 11 is 0. The Hall–Kier alpha value is -1.06. The Morgan fingerprint density at radius 1 is 1.00 bits per heavy atom. The lowest BCUT2D eigenvalue weighted by Gasteiger charge is -2.37. The summed E-state index contributed by atoms with van der Waals surface area (Å²) in [6.45, 7) is 3.69. The van der Waals surface area contributed by atoms with Gasteiger partial charge in [0.05, 0.1) is 0 Å². The highest BCUT2D eigenvalue weighted by molar-refractivity contribution is 5.90. The number of rotatable bonds is 3. The second-order valence-corrected chi connectivity index (χ2v) is 6.99. The predicted octanol–water partition coefficient (Wildman–Crippen LogP) is 2.57. The summed E-state index contributed by atoms with van der Waals surface area (Å²) in [6, 6.07) is 0.243. The monoisotopic (exact) mass is 292 g/mol. The van der Waals surface area contributed by atoms with Crippen molar-refractivity contribution in [1.82, 2.24) is 9.80 Å². The van der Waals surface area contributed by atoms with E-state index < -0.39 is 0 Å². The number of hydrogen-bond acceptors (Lipinski definition) is 2. The minimum Gasteiger partial charge on any atom is -0.337 e. The molecular weight excluding hydrogens is 264 g/mol. The van der Waals surface area contributed by atoms with Crippen molar-refractivity contribution in [3.05, 3.63) is 0 Å². The fraction of sp³-hybridized carbons (Fsp3) is 0.882. The molecule has 0 aromatic heterocycles. The first-order chi connectivity index (χ1) is 10.2. The zero-order chi connectivity index (χ0) is 14.8. The van der Waals surface area contributed by atoms with Crippen LogP contribution in [0.1, 0.15) is 64.7 Å². The van der Waals surface area contributed by atoms with Crippen LogP contribution in [0.15, 0.2) is 0 Å². The maximum absolute atomic E-state index is 12.8. The SMILES string of the molecule is CCCC1CCC(N2CCC(=O)N3CCCC3C2=O)CC1. The van der Waals surface area contributed by atoms with E-state index in [0.717, 1.165) is 38.1 Å². The van der Waals surface area contributed by atoms with Gasteiger partial charge < -0.3 is 9.80 Å². The topological polar surface area (TPSA) is 40.6 Å². The zero-order valence-corrected chi connectivity index (χ0v) is 13.2. The average Bonchev–Trinajstić information content (AvgIpc) is 2.94. The van der Waals surface area contributed by atoms with Gasteiger partial charge in [-0.1, -0.05) is 19.8 Å². The van der Waals surface area contributed by atoms with E-state index in [1.807, 2.05) is 4.90 Å². The molecule has 1 aliphatic carbocycles. The number of carbonyl (C=O) groups excluding carboxylic acids is 2. The summed E-state index contributed by atoms with van der Waals surface area (Å²) < 4.78 is 0. The van der Waals surface area contributed by atoms with Crippen molar-refractivity contribution < 1.29 is 9.59 Å². The molecule has 0 N–H and O–H groups in total. The van der Waals surface area contributed by atoms with Gasteiger partial charge in [-0.2, -0.15) is 0 Å². The second-order valence-electron chi connectivity index (χ2n) is 6.99. The maximum atomic E-state index is 12.8. The van der Waals surface area contributed by atoms with Crippen LogP contribution < -0.4 is 0 Å². The molecule has 0 spiro atoms. The largest absolute Gasteiger partial charge is 0.337 e. The Balaban J connectivity index is 1.65. The molecule has 0 bridgehead atoms. The van der Waals surface area contributed by atoms with Crippen molar-refractivity contribution in [2.24, 2.45) is 5.92 Å². The maximum Gasteiger partial charge on any atom is 0.245 e. The molecule has 3 aliphatic rings. The summed E-state index contributed by atoms with van der Waals surface area (Å²) in [6.07, 6.45) is 9.76. The first-order valence-electron chi connectivity index (χ1n) is 8.80. The van der Waals surface area contributed by atoms with Gasteiger partial charge >= 0.3 is 0 Å². The third-order valence-electron chi connectivity index (χ3n) is 5.66. The van der Waals surface area contributed by atoms with E-state index in [1.165, 1.54) is 25.7 Å². The lowest BCUT2D eigenvalue weighted by molar-refractivity contribution is -0.141. The van der Waals surface area contributed by atoms with E-state index in [-0.39, 0.29) is 17.9 Å². The Bertz CT molecular complexity index is 402. The third kappa shape index (κ3) is 2.95. The predicted molar refractivity (Wildman–Crippen MR) is 81.7 cm³/mol. The van der Waals surface area contributed by atoms with Gasteiger partial charge in [0.25, 0.3) is 0 Å². The Labute approximate surface area is 127 Å².